The Morgan fingerprint density at radius 1 is 0.979 bits per heavy atom. The molecule has 0 saturated carbocycles. The van der Waals surface area contributed by atoms with E-state index in [0.717, 1.165) is 18.8 Å². The molecule has 4 aliphatic rings. The van der Waals surface area contributed by atoms with Gasteiger partial charge in [0.25, 0.3) is 5.91 Å². The van der Waals surface area contributed by atoms with Crippen LogP contribution in [0.3, 0.4) is 0 Å². The number of fused-ring (bicyclic) bond motifs is 2. The largest absolute Gasteiger partial charge is 0.455 e. The molecular formula is C37H44N4O7. The van der Waals surface area contributed by atoms with E-state index in [9.17, 15) is 24.3 Å². The fourth-order valence-electron chi connectivity index (χ4n) is 7.55. The average molecular weight is 657 g/mol. The summed E-state index contributed by atoms with van der Waals surface area (Å²) in [6.45, 7) is 6.16. The first-order valence-electron chi connectivity index (χ1n) is 16.9. The van der Waals surface area contributed by atoms with Crippen LogP contribution in [0.4, 0.5) is 11.4 Å². The van der Waals surface area contributed by atoms with Crippen molar-refractivity contribution in [1.82, 2.24) is 10.2 Å². The third-order valence-electron chi connectivity index (χ3n) is 9.89. The van der Waals surface area contributed by atoms with Gasteiger partial charge in [-0.1, -0.05) is 54.6 Å². The Kier molecular flexibility index (Phi) is 9.98. The number of anilines is 2. The molecule has 0 aliphatic carbocycles. The number of allylic oxidation sites excluding steroid dienone is 1. The zero-order valence-electron chi connectivity index (χ0n) is 27.5. The summed E-state index contributed by atoms with van der Waals surface area (Å²) in [4.78, 5) is 61.3. The molecule has 4 heterocycles. The van der Waals surface area contributed by atoms with E-state index in [1.54, 1.807) is 23.1 Å². The number of ether oxygens (including phenoxy) is 2. The van der Waals surface area contributed by atoms with Gasteiger partial charge in [-0.15, -0.1) is 0 Å². The molecule has 48 heavy (non-hydrogen) atoms. The number of carbonyl (C=O) groups is 4. The second kappa shape index (κ2) is 14.3. The van der Waals surface area contributed by atoms with Gasteiger partial charge in [0, 0.05) is 50.6 Å². The lowest BCUT2D eigenvalue weighted by Crippen LogP contribution is -2.55. The average Bonchev–Trinajstić information content (AvgIpc) is 3.48. The summed E-state index contributed by atoms with van der Waals surface area (Å²) >= 11 is 0. The van der Waals surface area contributed by atoms with Crippen molar-refractivity contribution in [2.24, 2.45) is 11.8 Å². The second-order valence-electron chi connectivity index (χ2n) is 12.6. The molecule has 2 N–H and O–H groups in total. The second-order valence-corrected chi connectivity index (χ2v) is 12.6. The molecule has 11 nitrogen and oxygen atoms in total. The van der Waals surface area contributed by atoms with Crippen molar-refractivity contribution in [1.29, 1.82) is 0 Å². The van der Waals surface area contributed by atoms with Crippen LogP contribution in [-0.2, 0) is 28.7 Å². The summed E-state index contributed by atoms with van der Waals surface area (Å²) in [5.41, 5.74) is 0.983. The smallest absolute Gasteiger partial charge is 0.313 e. The third-order valence-corrected chi connectivity index (χ3v) is 9.89. The number of aliphatic hydroxyl groups is 1. The predicted molar refractivity (Wildman–Crippen MR) is 180 cm³/mol. The fourth-order valence-corrected chi connectivity index (χ4v) is 7.55. The molecule has 4 aliphatic heterocycles. The van der Waals surface area contributed by atoms with Crippen LogP contribution < -0.4 is 15.1 Å². The monoisotopic (exact) mass is 656 g/mol. The Bertz CT molecular complexity index is 1560. The number of nitrogens with one attached hydrogen (secondary N) is 1. The van der Waals surface area contributed by atoms with Crippen LogP contribution >= 0.6 is 0 Å². The van der Waals surface area contributed by atoms with E-state index in [0.29, 0.717) is 17.7 Å². The van der Waals surface area contributed by atoms with Crippen LogP contribution in [0.1, 0.15) is 44.8 Å². The number of nitrogens with zero attached hydrogens (tertiary/aromatic N) is 3. The van der Waals surface area contributed by atoms with Crippen LogP contribution in [-0.4, -0.2) is 90.8 Å². The standard InChI is InChI=1S/C37H44N4O7/c1-3-39(4-2)26-16-18-27(19-17-26)40-21-10-20-37-32(34(44)41(22-11-23-42)33(37)35(40)45)31-28(48-37)14-8-9-15-30(43)38-24-29(47-36(31)46)25-12-6-5-7-13-25/h5-8,10,12-14,16-20,28-29,31-33,42H,3-4,9,11,15,21-24H2,1-2H3,(H,38,43)/b14-8-/t28-,29+,31+,32+,33-,37+/m1/s1. The van der Waals surface area contributed by atoms with Crippen molar-refractivity contribution in [3.05, 3.63) is 84.5 Å². The van der Waals surface area contributed by atoms with Crippen molar-refractivity contribution < 1.29 is 33.8 Å². The van der Waals surface area contributed by atoms with E-state index < -0.39 is 41.7 Å². The van der Waals surface area contributed by atoms with Crippen LogP contribution in [0.2, 0.25) is 0 Å². The quantitative estimate of drug-likeness (QED) is 0.328. The van der Waals surface area contributed by atoms with Crippen LogP contribution in [0, 0.1) is 11.8 Å². The Morgan fingerprint density at radius 3 is 2.44 bits per heavy atom. The number of benzene rings is 2. The molecule has 1 spiro atoms. The van der Waals surface area contributed by atoms with Gasteiger partial charge in [0.2, 0.25) is 11.8 Å². The number of rotatable bonds is 8. The molecule has 0 unspecified atom stereocenters. The molecule has 2 fully saturated rings. The van der Waals surface area contributed by atoms with Crippen molar-refractivity contribution in [2.75, 3.05) is 49.1 Å². The van der Waals surface area contributed by atoms with Gasteiger partial charge in [-0.05, 0) is 56.5 Å². The molecule has 0 bridgehead atoms. The van der Waals surface area contributed by atoms with Crippen molar-refractivity contribution >= 4 is 35.1 Å². The normalized spacial score (nSPS) is 29.5. The number of likely N-dealkylation sites (tertiary alicyclic amines) is 1. The van der Waals surface area contributed by atoms with Crippen molar-refractivity contribution in [3.8, 4) is 0 Å². The van der Waals surface area contributed by atoms with Gasteiger partial charge in [0.15, 0.2) is 0 Å². The van der Waals surface area contributed by atoms with E-state index in [1.807, 2.05) is 60.7 Å². The summed E-state index contributed by atoms with van der Waals surface area (Å²) in [6, 6.07) is 15.9. The van der Waals surface area contributed by atoms with Crippen LogP contribution in [0.5, 0.6) is 0 Å². The molecule has 0 radical (unpaired) electrons. The zero-order valence-corrected chi connectivity index (χ0v) is 27.5. The van der Waals surface area contributed by atoms with Crippen LogP contribution in [0.25, 0.3) is 0 Å². The van der Waals surface area contributed by atoms with Gasteiger partial charge in [0.1, 0.15) is 23.7 Å². The molecule has 11 heteroatoms. The van der Waals surface area contributed by atoms with Crippen molar-refractivity contribution in [3.63, 3.8) is 0 Å². The van der Waals surface area contributed by atoms with Gasteiger partial charge in [0.05, 0.1) is 18.6 Å². The summed E-state index contributed by atoms with van der Waals surface area (Å²) in [7, 11) is 0. The minimum atomic E-state index is -1.45. The van der Waals surface area contributed by atoms with E-state index in [1.165, 1.54) is 4.90 Å². The highest BCUT2D eigenvalue weighted by molar-refractivity contribution is 6.05. The van der Waals surface area contributed by atoms with E-state index in [4.69, 9.17) is 9.47 Å². The van der Waals surface area contributed by atoms with Gasteiger partial charge >= 0.3 is 5.97 Å². The molecular weight excluding hydrogens is 612 g/mol. The van der Waals surface area contributed by atoms with E-state index in [-0.39, 0.29) is 56.8 Å². The number of hydrogen-bond acceptors (Lipinski definition) is 8. The number of hydrogen-bond donors (Lipinski definition) is 2. The molecule has 2 aromatic rings. The number of esters is 1. The minimum Gasteiger partial charge on any atom is -0.455 e. The SMILES string of the molecule is CCN(CC)c1ccc(N2CC=C[C@]34O[C@@H]5/C=C\CCC(=O)NC[C@@H](c6ccccc6)OC(=O)[C@@H]5[C@H]3C(=O)N(CCCO)[C@@H]4C2=O)cc1. The van der Waals surface area contributed by atoms with E-state index >= 15 is 0 Å². The number of aliphatic hydroxyl groups excluding tert-OH is 1. The number of amides is 3. The summed E-state index contributed by atoms with van der Waals surface area (Å²) < 4.78 is 12.9. The summed E-state index contributed by atoms with van der Waals surface area (Å²) in [5.74, 6) is -3.61. The highest BCUT2D eigenvalue weighted by atomic mass is 16.6. The summed E-state index contributed by atoms with van der Waals surface area (Å²) in [5, 5.41) is 12.6. The first kappa shape index (κ1) is 33.4. The lowest BCUT2D eigenvalue weighted by Gasteiger charge is -2.35. The Morgan fingerprint density at radius 2 is 1.73 bits per heavy atom. The molecule has 2 aromatic carbocycles. The lowest BCUT2D eigenvalue weighted by molar-refractivity contribution is -0.159. The Hall–Kier alpha value is -4.48. The maximum absolute atomic E-state index is 14.7. The molecule has 6 atom stereocenters. The zero-order chi connectivity index (χ0) is 33.8. The number of carbonyl (C=O) groups excluding carboxylic acids is 4. The number of cyclic esters (lactones) is 1. The molecule has 3 amide bonds. The maximum atomic E-state index is 14.7. The molecule has 254 valence electrons. The maximum Gasteiger partial charge on any atom is 0.313 e. The first-order valence-corrected chi connectivity index (χ1v) is 16.9. The first-order chi connectivity index (χ1) is 23.3. The molecule has 6 rings (SSSR count). The van der Waals surface area contributed by atoms with Gasteiger partial charge < -0.3 is 34.6 Å². The van der Waals surface area contributed by atoms with Gasteiger partial charge in [-0.3, -0.25) is 19.2 Å². The molecule has 0 aromatic heterocycles. The van der Waals surface area contributed by atoms with E-state index in [2.05, 4.69) is 24.1 Å². The lowest BCUT2D eigenvalue weighted by atomic mass is 9.78. The highest BCUT2D eigenvalue weighted by Crippen LogP contribution is 2.53. The minimum absolute atomic E-state index is 0.0754. The Labute approximate surface area is 281 Å². The third kappa shape index (κ3) is 6.12. The van der Waals surface area contributed by atoms with Crippen LogP contribution in [0.15, 0.2) is 78.9 Å². The highest BCUT2D eigenvalue weighted by Gasteiger charge is 2.71. The fraction of sp³-hybridized carbons (Fsp3) is 0.459. The predicted octanol–water partition coefficient (Wildman–Crippen LogP) is 3.15. The topological polar surface area (TPSA) is 129 Å². The van der Waals surface area contributed by atoms with Gasteiger partial charge in [-0.25, -0.2) is 0 Å². The van der Waals surface area contributed by atoms with Gasteiger partial charge in [-0.2, -0.15) is 0 Å². The molecule has 2 saturated heterocycles. The van der Waals surface area contributed by atoms with Crippen molar-refractivity contribution in [2.45, 2.75) is 57.0 Å². The summed E-state index contributed by atoms with van der Waals surface area (Å²) in [6.07, 6.45) is 6.37. The Balaban J connectivity index is 1.39.